The Morgan fingerprint density at radius 3 is 2.53 bits per heavy atom. The normalized spacial score (nSPS) is 19.0. The number of hydrogen-bond acceptors (Lipinski definition) is 1. The van der Waals surface area contributed by atoms with Gasteiger partial charge in [0.2, 0.25) is 0 Å². The van der Waals surface area contributed by atoms with Crippen molar-refractivity contribution in [1.29, 1.82) is 0 Å². The predicted molar refractivity (Wildman–Crippen MR) is 62.9 cm³/mol. The van der Waals surface area contributed by atoms with Crippen molar-refractivity contribution in [2.24, 2.45) is 5.92 Å². The fourth-order valence-electron chi connectivity index (χ4n) is 1.68. The fourth-order valence-corrected chi connectivity index (χ4v) is 1.81. The molecular formula is C13H15ClO. The topological polar surface area (TPSA) is 20.2 Å². The second-order valence-electron chi connectivity index (χ2n) is 4.18. The van der Waals surface area contributed by atoms with E-state index in [0.717, 1.165) is 5.56 Å². The third-order valence-electron chi connectivity index (χ3n) is 2.85. The van der Waals surface area contributed by atoms with Gasteiger partial charge in [0.25, 0.3) is 0 Å². The van der Waals surface area contributed by atoms with Gasteiger partial charge in [-0.05, 0) is 43.4 Å². The van der Waals surface area contributed by atoms with Gasteiger partial charge in [-0.25, -0.2) is 0 Å². The van der Waals surface area contributed by atoms with Gasteiger partial charge >= 0.3 is 0 Å². The Morgan fingerprint density at radius 2 is 2.00 bits per heavy atom. The molecule has 0 heterocycles. The summed E-state index contributed by atoms with van der Waals surface area (Å²) >= 11 is 5.79. The van der Waals surface area contributed by atoms with Gasteiger partial charge in [-0.2, -0.15) is 0 Å². The van der Waals surface area contributed by atoms with E-state index in [1.165, 1.54) is 18.4 Å². The molecular weight excluding hydrogens is 208 g/mol. The van der Waals surface area contributed by atoms with Crippen LogP contribution in [0, 0.1) is 5.92 Å². The minimum absolute atomic E-state index is 0.497. The highest BCUT2D eigenvalue weighted by molar-refractivity contribution is 6.30. The van der Waals surface area contributed by atoms with Crippen LogP contribution < -0.4 is 0 Å². The van der Waals surface area contributed by atoms with Gasteiger partial charge in [-0.1, -0.05) is 35.4 Å². The van der Waals surface area contributed by atoms with E-state index in [4.69, 9.17) is 11.6 Å². The van der Waals surface area contributed by atoms with E-state index < -0.39 is 6.10 Å². The Kier molecular flexibility index (Phi) is 3.13. The number of allylic oxidation sites excluding steroid dienone is 1. The average Bonchev–Trinajstić information content (AvgIpc) is 3.01. The molecule has 0 saturated heterocycles. The SMILES string of the molecule is C/C(=C\[C@H](O)c1ccc(Cl)cc1)C1CC1. The Balaban J connectivity index is 2.09. The zero-order valence-electron chi connectivity index (χ0n) is 8.78. The first-order chi connectivity index (χ1) is 7.16. The number of halogens is 1. The lowest BCUT2D eigenvalue weighted by molar-refractivity contribution is 0.227. The minimum Gasteiger partial charge on any atom is -0.384 e. The maximum atomic E-state index is 9.94. The summed E-state index contributed by atoms with van der Waals surface area (Å²) in [6, 6.07) is 7.34. The van der Waals surface area contributed by atoms with Crippen molar-refractivity contribution >= 4 is 11.6 Å². The van der Waals surface area contributed by atoms with Gasteiger partial charge in [-0.15, -0.1) is 0 Å². The van der Waals surface area contributed by atoms with Crippen molar-refractivity contribution in [2.45, 2.75) is 25.9 Å². The second kappa shape index (κ2) is 4.38. The van der Waals surface area contributed by atoms with Gasteiger partial charge in [0.15, 0.2) is 0 Å². The van der Waals surface area contributed by atoms with Crippen molar-refractivity contribution < 1.29 is 5.11 Å². The number of benzene rings is 1. The molecule has 0 aromatic heterocycles. The van der Waals surface area contributed by atoms with Crippen molar-refractivity contribution in [2.75, 3.05) is 0 Å². The minimum atomic E-state index is -0.497. The molecule has 0 amide bonds. The quantitative estimate of drug-likeness (QED) is 0.773. The Morgan fingerprint density at radius 1 is 1.40 bits per heavy atom. The molecule has 1 aromatic carbocycles. The van der Waals surface area contributed by atoms with E-state index >= 15 is 0 Å². The number of aliphatic hydroxyl groups excluding tert-OH is 1. The zero-order valence-corrected chi connectivity index (χ0v) is 9.54. The van der Waals surface area contributed by atoms with Crippen molar-refractivity contribution in [3.63, 3.8) is 0 Å². The molecule has 0 aliphatic heterocycles. The molecule has 2 heteroatoms. The highest BCUT2D eigenvalue weighted by Gasteiger charge is 2.23. The Hall–Kier alpha value is -0.790. The predicted octanol–water partition coefficient (Wildman–Crippen LogP) is 3.73. The standard InChI is InChI=1S/C13H15ClO/c1-9(10-2-3-10)8-13(15)11-4-6-12(14)7-5-11/h4-8,10,13,15H,2-3H2,1H3/b9-8+/t13-/m0/s1. The summed E-state index contributed by atoms with van der Waals surface area (Å²) in [7, 11) is 0. The Bertz CT molecular complexity index is 363. The van der Waals surface area contributed by atoms with Crippen LogP contribution in [0.15, 0.2) is 35.9 Å². The van der Waals surface area contributed by atoms with Crippen LogP contribution in [0.2, 0.25) is 5.02 Å². The van der Waals surface area contributed by atoms with Gasteiger partial charge in [0, 0.05) is 5.02 Å². The van der Waals surface area contributed by atoms with Crippen LogP contribution in [0.4, 0.5) is 0 Å². The molecule has 80 valence electrons. The summed E-state index contributed by atoms with van der Waals surface area (Å²) in [4.78, 5) is 0. The van der Waals surface area contributed by atoms with E-state index in [0.29, 0.717) is 10.9 Å². The highest BCUT2D eigenvalue weighted by atomic mass is 35.5. The molecule has 1 fully saturated rings. The molecule has 1 aromatic rings. The van der Waals surface area contributed by atoms with Crippen LogP contribution in [0.5, 0.6) is 0 Å². The van der Waals surface area contributed by atoms with Crippen molar-refractivity contribution in [1.82, 2.24) is 0 Å². The van der Waals surface area contributed by atoms with Gasteiger partial charge in [-0.3, -0.25) is 0 Å². The summed E-state index contributed by atoms with van der Waals surface area (Å²) < 4.78 is 0. The first-order valence-electron chi connectivity index (χ1n) is 5.28. The smallest absolute Gasteiger partial charge is 0.0974 e. The summed E-state index contributed by atoms with van der Waals surface area (Å²) in [5.41, 5.74) is 2.21. The van der Waals surface area contributed by atoms with Gasteiger partial charge in [0.1, 0.15) is 0 Å². The Labute approximate surface area is 95.4 Å². The summed E-state index contributed by atoms with van der Waals surface area (Å²) in [6.07, 6.45) is 3.99. The molecule has 0 spiro atoms. The lowest BCUT2D eigenvalue weighted by Gasteiger charge is -2.08. The molecule has 1 saturated carbocycles. The van der Waals surface area contributed by atoms with Gasteiger partial charge in [0.05, 0.1) is 6.10 Å². The van der Waals surface area contributed by atoms with Crippen LogP contribution in [0.1, 0.15) is 31.4 Å². The van der Waals surface area contributed by atoms with Crippen LogP contribution >= 0.6 is 11.6 Å². The molecule has 2 rings (SSSR count). The average molecular weight is 223 g/mol. The maximum Gasteiger partial charge on any atom is 0.0974 e. The number of aliphatic hydroxyl groups is 1. The van der Waals surface area contributed by atoms with E-state index in [9.17, 15) is 5.11 Å². The molecule has 0 unspecified atom stereocenters. The van der Waals surface area contributed by atoms with E-state index in [-0.39, 0.29) is 0 Å². The summed E-state index contributed by atoms with van der Waals surface area (Å²) in [6.45, 7) is 2.09. The van der Waals surface area contributed by atoms with Crippen LogP contribution in [0.25, 0.3) is 0 Å². The molecule has 1 nitrogen and oxygen atoms in total. The fraction of sp³-hybridized carbons (Fsp3) is 0.385. The molecule has 1 atom stereocenters. The van der Waals surface area contributed by atoms with Crippen LogP contribution in [-0.2, 0) is 0 Å². The van der Waals surface area contributed by atoms with E-state index in [1.54, 1.807) is 12.1 Å². The lowest BCUT2D eigenvalue weighted by Crippen LogP contribution is -1.94. The lowest BCUT2D eigenvalue weighted by atomic mass is 10.1. The first kappa shape index (κ1) is 10.7. The molecule has 0 bridgehead atoms. The summed E-state index contributed by atoms with van der Waals surface area (Å²) in [5.74, 6) is 0.715. The van der Waals surface area contributed by atoms with E-state index in [1.807, 2.05) is 18.2 Å². The largest absolute Gasteiger partial charge is 0.384 e. The van der Waals surface area contributed by atoms with Crippen molar-refractivity contribution in [3.05, 3.63) is 46.5 Å². The van der Waals surface area contributed by atoms with E-state index in [2.05, 4.69) is 6.92 Å². The van der Waals surface area contributed by atoms with Crippen LogP contribution in [0.3, 0.4) is 0 Å². The molecule has 1 aliphatic rings. The number of hydrogen-bond donors (Lipinski definition) is 1. The molecule has 15 heavy (non-hydrogen) atoms. The third-order valence-corrected chi connectivity index (χ3v) is 3.11. The van der Waals surface area contributed by atoms with Crippen LogP contribution in [-0.4, -0.2) is 5.11 Å². The third kappa shape index (κ3) is 2.83. The maximum absolute atomic E-state index is 9.94. The highest BCUT2D eigenvalue weighted by Crippen LogP contribution is 2.37. The molecule has 1 N–H and O–H groups in total. The molecule has 1 aliphatic carbocycles. The van der Waals surface area contributed by atoms with Gasteiger partial charge < -0.3 is 5.11 Å². The second-order valence-corrected chi connectivity index (χ2v) is 4.62. The monoisotopic (exact) mass is 222 g/mol. The number of rotatable bonds is 3. The molecule has 0 radical (unpaired) electrons. The first-order valence-corrected chi connectivity index (χ1v) is 5.66. The van der Waals surface area contributed by atoms with Crippen molar-refractivity contribution in [3.8, 4) is 0 Å². The zero-order chi connectivity index (χ0) is 10.8. The summed E-state index contributed by atoms with van der Waals surface area (Å²) in [5, 5.41) is 10.6.